The van der Waals surface area contributed by atoms with Crippen LogP contribution in [0.4, 0.5) is 0 Å². The lowest BCUT2D eigenvalue weighted by atomic mass is 10.0. The Balaban J connectivity index is 1.80. The second-order valence-corrected chi connectivity index (χ2v) is 7.36. The molecule has 0 N–H and O–H groups in total. The van der Waals surface area contributed by atoms with Crippen molar-refractivity contribution in [2.75, 3.05) is 0 Å². The van der Waals surface area contributed by atoms with Crippen molar-refractivity contribution in [2.24, 2.45) is 0 Å². The van der Waals surface area contributed by atoms with Crippen molar-refractivity contribution in [3.63, 3.8) is 0 Å². The van der Waals surface area contributed by atoms with Gasteiger partial charge in [0, 0.05) is 0 Å². The van der Waals surface area contributed by atoms with Crippen LogP contribution >= 0.6 is 8.58 Å². The van der Waals surface area contributed by atoms with Gasteiger partial charge in [-0.2, -0.15) is 0 Å². The Bertz CT molecular complexity index is 519. The summed E-state index contributed by atoms with van der Waals surface area (Å²) in [7, 11) is 1.000. The van der Waals surface area contributed by atoms with Crippen LogP contribution in [0.5, 0.6) is 0 Å². The van der Waals surface area contributed by atoms with Crippen LogP contribution in [0.25, 0.3) is 10.8 Å². The average molecular weight is 270 g/mol. The van der Waals surface area contributed by atoms with Gasteiger partial charge in [0.2, 0.25) is 0 Å². The van der Waals surface area contributed by atoms with E-state index in [1.807, 2.05) is 0 Å². The van der Waals surface area contributed by atoms with Crippen LogP contribution in [-0.4, -0.2) is 5.66 Å². The van der Waals surface area contributed by atoms with E-state index >= 15 is 0 Å². The Morgan fingerprint density at radius 2 is 1.42 bits per heavy atom. The maximum absolute atomic E-state index is 2.35. The van der Waals surface area contributed by atoms with E-state index < -0.39 is 0 Å². The molecule has 1 fully saturated rings. The van der Waals surface area contributed by atoms with Gasteiger partial charge >= 0.3 is 0 Å². The van der Waals surface area contributed by atoms with Crippen LogP contribution in [-0.2, 0) is 0 Å². The predicted molar refractivity (Wildman–Crippen MR) is 88.0 cm³/mol. The van der Waals surface area contributed by atoms with E-state index in [9.17, 15) is 0 Å². The molecule has 1 aliphatic rings. The summed E-state index contributed by atoms with van der Waals surface area (Å²) in [5.41, 5.74) is 0.936. The summed E-state index contributed by atoms with van der Waals surface area (Å²) < 4.78 is 0. The van der Waals surface area contributed by atoms with Gasteiger partial charge in [-0.25, -0.2) is 0 Å². The van der Waals surface area contributed by atoms with E-state index in [0.717, 1.165) is 14.2 Å². The second kappa shape index (κ2) is 6.53. The summed E-state index contributed by atoms with van der Waals surface area (Å²) in [6, 6.07) is 15.7. The third-order valence-corrected chi connectivity index (χ3v) is 5.99. The minimum atomic E-state index is 0.936. The number of benzene rings is 2. The molecule has 2 aromatic carbocycles. The maximum Gasteiger partial charge on any atom is -0.0110 e. The Morgan fingerprint density at radius 3 is 2.26 bits per heavy atom. The van der Waals surface area contributed by atoms with Crippen molar-refractivity contribution in [1.82, 2.24) is 0 Å². The minimum absolute atomic E-state index is 0.936. The highest BCUT2D eigenvalue weighted by Crippen LogP contribution is 2.32. The van der Waals surface area contributed by atoms with Crippen molar-refractivity contribution >= 4 is 24.7 Å². The molecule has 0 aromatic heterocycles. The fourth-order valence-corrected chi connectivity index (χ4v) is 4.88. The van der Waals surface area contributed by atoms with E-state index in [1.165, 1.54) is 55.7 Å². The lowest BCUT2D eigenvalue weighted by Gasteiger charge is -2.20. The van der Waals surface area contributed by atoms with Gasteiger partial charge < -0.3 is 0 Å². The highest BCUT2D eigenvalue weighted by molar-refractivity contribution is 7.48. The topological polar surface area (TPSA) is 0 Å². The SMILES string of the molecule is c1ccc2c(PC3CCCCCCC3)cccc2c1. The standard InChI is InChI=1S/C18H23P/c1-2-4-11-16(12-5-3-1)19-18-14-8-10-15-9-6-7-13-17(15)18/h6-10,13-14,16,19H,1-5,11-12H2. The molecule has 2 aromatic rings. The highest BCUT2D eigenvalue weighted by atomic mass is 31.1. The third-order valence-electron chi connectivity index (χ3n) is 4.25. The molecule has 1 saturated carbocycles. The second-order valence-electron chi connectivity index (χ2n) is 5.71. The fraction of sp³-hybridized carbons (Fsp3) is 0.444. The van der Waals surface area contributed by atoms with E-state index in [-0.39, 0.29) is 0 Å². The van der Waals surface area contributed by atoms with Crippen LogP contribution in [0.2, 0.25) is 0 Å². The van der Waals surface area contributed by atoms with Crippen molar-refractivity contribution in [2.45, 2.75) is 50.6 Å². The summed E-state index contributed by atoms with van der Waals surface area (Å²) >= 11 is 0. The molecular formula is C18H23P. The smallest absolute Gasteiger partial charge is 0.0110 e. The predicted octanol–water partition coefficient (Wildman–Crippen LogP) is 5.26. The molecule has 1 atom stereocenters. The number of rotatable bonds is 2. The zero-order valence-corrected chi connectivity index (χ0v) is 12.6. The molecule has 0 bridgehead atoms. The van der Waals surface area contributed by atoms with Crippen LogP contribution in [0, 0.1) is 0 Å². The van der Waals surface area contributed by atoms with Gasteiger partial charge in [-0.1, -0.05) is 83.1 Å². The van der Waals surface area contributed by atoms with Crippen LogP contribution in [0.15, 0.2) is 42.5 Å². The zero-order chi connectivity index (χ0) is 12.9. The largest absolute Gasteiger partial charge is 0.0865 e. The van der Waals surface area contributed by atoms with E-state index in [2.05, 4.69) is 42.5 Å². The van der Waals surface area contributed by atoms with Gasteiger partial charge in [-0.3, -0.25) is 0 Å². The minimum Gasteiger partial charge on any atom is -0.0865 e. The van der Waals surface area contributed by atoms with Gasteiger partial charge in [0.05, 0.1) is 0 Å². The molecule has 1 aliphatic carbocycles. The fourth-order valence-electron chi connectivity index (χ4n) is 3.17. The number of hydrogen-bond acceptors (Lipinski definition) is 0. The molecule has 1 heteroatoms. The van der Waals surface area contributed by atoms with Crippen molar-refractivity contribution in [1.29, 1.82) is 0 Å². The normalized spacial score (nSPS) is 18.7. The Morgan fingerprint density at radius 1 is 0.737 bits per heavy atom. The third kappa shape index (κ3) is 3.37. The lowest BCUT2D eigenvalue weighted by molar-refractivity contribution is 0.512. The van der Waals surface area contributed by atoms with Gasteiger partial charge in [-0.15, -0.1) is 0 Å². The molecular weight excluding hydrogens is 247 g/mol. The molecule has 3 rings (SSSR count). The molecule has 0 aliphatic heterocycles. The van der Waals surface area contributed by atoms with E-state index in [1.54, 1.807) is 5.30 Å². The molecule has 100 valence electrons. The highest BCUT2D eigenvalue weighted by Gasteiger charge is 2.13. The van der Waals surface area contributed by atoms with Gasteiger partial charge in [0.25, 0.3) is 0 Å². The quantitative estimate of drug-likeness (QED) is 0.653. The van der Waals surface area contributed by atoms with Gasteiger partial charge in [0.15, 0.2) is 0 Å². The summed E-state index contributed by atoms with van der Waals surface area (Å²) in [5.74, 6) is 0. The summed E-state index contributed by atoms with van der Waals surface area (Å²) in [6.45, 7) is 0. The molecule has 1 unspecified atom stereocenters. The summed E-state index contributed by atoms with van der Waals surface area (Å²) in [5, 5.41) is 4.47. The van der Waals surface area contributed by atoms with Crippen LogP contribution in [0.1, 0.15) is 44.9 Å². The zero-order valence-electron chi connectivity index (χ0n) is 11.6. The Labute approximate surface area is 118 Å². The van der Waals surface area contributed by atoms with Crippen LogP contribution < -0.4 is 5.30 Å². The molecule has 0 amide bonds. The first kappa shape index (κ1) is 13.1. The first-order valence-electron chi connectivity index (χ1n) is 7.68. The Kier molecular flexibility index (Phi) is 4.51. The Hall–Kier alpha value is -0.870. The van der Waals surface area contributed by atoms with E-state index in [4.69, 9.17) is 0 Å². The molecule has 0 spiro atoms. The lowest BCUT2D eigenvalue weighted by Crippen LogP contribution is -2.09. The van der Waals surface area contributed by atoms with Gasteiger partial charge in [-0.05, 0) is 34.6 Å². The summed E-state index contributed by atoms with van der Waals surface area (Å²) in [6.07, 6.45) is 10.2. The monoisotopic (exact) mass is 270 g/mol. The average Bonchev–Trinajstić information content (AvgIpc) is 2.42. The summed E-state index contributed by atoms with van der Waals surface area (Å²) in [4.78, 5) is 0. The number of fused-ring (bicyclic) bond motifs is 1. The van der Waals surface area contributed by atoms with Crippen LogP contribution in [0.3, 0.4) is 0 Å². The first-order valence-corrected chi connectivity index (χ1v) is 8.75. The molecule has 0 radical (unpaired) electrons. The first-order chi connectivity index (χ1) is 9.43. The van der Waals surface area contributed by atoms with Crippen molar-refractivity contribution in [3.05, 3.63) is 42.5 Å². The molecule has 0 saturated heterocycles. The molecule has 0 nitrogen and oxygen atoms in total. The van der Waals surface area contributed by atoms with E-state index in [0.29, 0.717) is 0 Å². The molecule has 19 heavy (non-hydrogen) atoms. The number of hydrogen-bond donors (Lipinski definition) is 0. The maximum atomic E-state index is 2.35. The van der Waals surface area contributed by atoms with Crippen molar-refractivity contribution < 1.29 is 0 Å². The van der Waals surface area contributed by atoms with Gasteiger partial charge in [0.1, 0.15) is 0 Å². The van der Waals surface area contributed by atoms with Crippen molar-refractivity contribution in [3.8, 4) is 0 Å². The molecule has 0 heterocycles.